The molecular formula is C15H21F2N3O2. The van der Waals surface area contributed by atoms with Gasteiger partial charge in [-0.2, -0.15) is 0 Å². The van der Waals surface area contributed by atoms with E-state index < -0.39 is 5.92 Å². The summed E-state index contributed by atoms with van der Waals surface area (Å²) >= 11 is 0. The van der Waals surface area contributed by atoms with Crippen molar-refractivity contribution in [3.63, 3.8) is 0 Å². The molecule has 0 aliphatic carbocycles. The van der Waals surface area contributed by atoms with Crippen LogP contribution in [0.2, 0.25) is 0 Å². The second-order valence-electron chi connectivity index (χ2n) is 5.90. The molecule has 7 heteroatoms. The van der Waals surface area contributed by atoms with Crippen molar-refractivity contribution < 1.29 is 18.3 Å². The van der Waals surface area contributed by atoms with E-state index >= 15 is 0 Å². The first-order chi connectivity index (χ1) is 10.6. The third kappa shape index (κ3) is 3.52. The fourth-order valence-electron chi connectivity index (χ4n) is 2.90. The van der Waals surface area contributed by atoms with Crippen molar-refractivity contribution in [2.75, 3.05) is 38.3 Å². The molecule has 2 saturated heterocycles. The average Bonchev–Trinajstić information content (AvgIpc) is 3.01. The number of ether oxygens (including phenoxy) is 2. The van der Waals surface area contributed by atoms with E-state index in [9.17, 15) is 8.78 Å². The Bertz CT molecular complexity index is 512. The molecule has 1 unspecified atom stereocenters. The van der Waals surface area contributed by atoms with Crippen molar-refractivity contribution in [2.45, 2.75) is 37.7 Å². The molecule has 122 valence electrons. The Hall–Kier alpha value is -1.34. The molecule has 2 aliphatic rings. The highest BCUT2D eigenvalue weighted by Gasteiger charge is 2.34. The van der Waals surface area contributed by atoms with Gasteiger partial charge in [-0.1, -0.05) is 0 Å². The molecule has 1 aromatic heterocycles. The number of nitrogens with zero attached hydrogens (tertiary/aromatic N) is 3. The van der Waals surface area contributed by atoms with E-state index in [4.69, 9.17) is 9.47 Å². The summed E-state index contributed by atoms with van der Waals surface area (Å²) in [6.07, 6.45) is 0.678. The van der Waals surface area contributed by atoms with Crippen molar-refractivity contribution >= 4 is 5.82 Å². The first kappa shape index (κ1) is 15.6. The minimum Gasteiger partial charge on any atom is -0.381 e. The Balaban J connectivity index is 1.83. The second kappa shape index (κ2) is 6.42. The molecular weight excluding hydrogens is 292 g/mol. The van der Waals surface area contributed by atoms with Crippen molar-refractivity contribution in [3.05, 3.63) is 17.6 Å². The van der Waals surface area contributed by atoms with E-state index in [0.717, 1.165) is 24.5 Å². The Morgan fingerprint density at radius 3 is 2.77 bits per heavy atom. The lowest BCUT2D eigenvalue weighted by atomic mass is 10.0. The molecule has 0 spiro atoms. The maximum atomic E-state index is 13.3. The molecule has 0 saturated carbocycles. The van der Waals surface area contributed by atoms with Gasteiger partial charge in [-0.3, -0.25) is 0 Å². The Morgan fingerprint density at radius 2 is 2.14 bits per heavy atom. The molecule has 2 aliphatic heterocycles. The zero-order valence-electron chi connectivity index (χ0n) is 12.7. The molecule has 0 radical (unpaired) electrons. The fourth-order valence-corrected chi connectivity index (χ4v) is 2.90. The molecule has 0 N–H and O–H groups in total. The smallest absolute Gasteiger partial charge is 0.251 e. The number of aromatic nitrogens is 2. The number of methoxy groups -OCH3 is 1. The number of rotatable bonds is 4. The SMILES string of the molecule is COCc1nc(C2CCOC2)cc(N2CCC(F)(F)CC2)n1. The van der Waals surface area contributed by atoms with Crippen LogP contribution in [0.1, 0.15) is 36.7 Å². The minimum absolute atomic E-state index is 0.127. The quantitative estimate of drug-likeness (QED) is 0.854. The van der Waals surface area contributed by atoms with E-state index in [1.807, 2.05) is 11.0 Å². The van der Waals surface area contributed by atoms with Crippen LogP contribution in [0.3, 0.4) is 0 Å². The van der Waals surface area contributed by atoms with Gasteiger partial charge in [0.1, 0.15) is 12.4 Å². The van der Waals surface area contributed by atoms with Crippen LogP contribution in [0.15, 0.2) is 6.07 Å². The van der Waals surface area contributed by atoms with E-state index in [2.05, 4.69) is 9.97 Å². The summed E-state index contributed by atoms with van der Waals surface area (Å²) in [6, 6.07) is 1.92. The number of hydrogen-bond acceptors (Lipinski definition) is 5. The van der Waals surface area contributed by atoms with Crippen LogP contribution in [-0.4, -0.2) is 49.3 Å². The van der Waals surface area contributed by atoms with Gasteiger partial charge >= 0.3 is 0 Å². The van der Waals surface area contributed by atoms with Gasteiger partial charge < -0.3 is 14.4 Å². The van der Waals surface area contributed by atoms with Crippen LogP contribution >= 0.6 is 0 Å². The van der Waals surface area contributed by atoms with Gasteiger partial charge in [-0.15, -0.1) is 0 Å². The monoisotopic (exact) mass is 313 g/mol. The van der Waals surface area contributed by atoms with Crippen LogP contribution in [0.4, 0.5) is 14.6 Å². The minimum atomic E-state index is -2.55. The molecule has 1 atom stereocenters. The van der Waals surface area contributed by atoms with E-state index in [1.165, 1.54) is 0 Å². The van der Waals surface area contributed by atoms with Crippen LogP contribution in [0.25, 0.3) is 0 Å². The summed E-state index contributed by atoms with van der Waals surface area (Å²) in [4.78, 5) is 10.9. The number of halogens is 2. The molecule has 0 bridgehead atoms. The van der Waals surface area contributed by atoms with Gasteiger partial charge in [0.25, 0.3) is 5.92 Å². The highest BCUT2D eigenvalue weighted by Crippen LogP contribution is 2.31. The third-order valence-electron chi connectivity index (χ3n) is 4.22. The highest BCUT2D eigenvalue weighted by atomic mass is 19.3. The van der Waals surface area contributed by atoms with Gasteiger partial charge in [0.15, 0.2) is 5.82 Å². The number of piperidine rings is 1. The van der Waals surface area contributed by atoms with E-state index in [0.29, 0.717) is 32.1 Å². The lowest BCUT2D eigenvalue weighted by Gasteiger charge is -2.33. The topological polar surface area (TPSA) is 47.5 Å². The molecule has 0 amide bonds. The van der Waals surface area contributed by atoms with Gasteiger partial charge in [0.2, 0.25) is 0 Å². The standard InChI is InChI=1S/C15H21F2N3O2/c1-21-10-13-18-12(11-2-7-22-9-11)8-14(19-13)20-5-3-15(16,17)4-6-20/h8,11H,2-7,9-10H2,1H3. The zero-order valence-corrected chi connectivity index (χ0v) is 12.7. The van der Waals surface area contributed by atoms with E-state index in [-0.39, 0.29) is 18.8 Å². The first-order valence-corrected chi connectivity index (χ1v) is 7.65. The molecule has 5 nitrogen and oxygen atoms in total. The molecule has 1 aromatic rings. The van der Waals surface area contributed by atoms with Crippen LogP contribution in [-0.2, 0) is 16.1 Å². The van der Waals surface area contributed by atoms with Crippen molar-refractivity contribution in [2.24, 2.45) is 0 Å². The Labute approximate surface area is 128 Å². The summed E-state index contributed by atoms with van der Waals surface area (Å²) in [5, 5.41) is 0. The van der Waals surface area contributed by atoms with Gasteiger partial charge in [0.05, 0.1) is 12.3 Å². The molecule has 3 rings (SSSR count). The van der Waals surface area contributed by atoms with Crippen LogP contribution in [0, 0.1) is 0 Å². The average molecular weight is 313 g/mol. The molecule has 3 heterocycles. The lowest BCUT2D eigenvalue weighted by Crippen LogP contribution is -2.40. The summed E-state index contributed by atoms with van der Waals surface area (Å²) in [5.41, 5.74) is 0.923. The van der Waals surface area contributed by atoms with E-state index in [1.54, 1.807) is 7.11 Å². The summed E-state index contributed by atoms with van der Waals surface area (Å²) in [6.45, 7) is 2.34. The largest absolute Gasteiger partial charge is 0.381 e. The van der Waals surface area contributed by atoms with Crippen LogP contribution < -0.4 is 4.90 Å². The molecule has 22 heavy (non-hydrogen) atoms. The highest BCUT2D eigenvalue weighted by molar-refractivity contribution is 5.41. The maximum absolute atomic E-state index is 13.3. The first-order valence-electron chi connectivity index (χ1n) is 7.65. The number of alkyl halides is 2. The molecule has 2 fully saturated rings. The van der Waals surface area contributed by atoms with Crippen LogP contribution in [0.5, 0.6) is 0 Å². The van der Waals surface area contributed by atoms with Gasteiger partial charge in [-0.25, -0.2) is 18.7 Å². The predicted molar refractivity (Wildman–Crippen MR) is 77.3 cm³/mol. The fraction of sp³-hybridized carbons (Fsp3) is 0.733. The predicted octanol–water partition coefficient (Wildman–Crippen LogP) is 2.36. The second-order valence-corrected chi connectivity index (χ2v) is 5.90. The Kier molecular flexibility index (Phi) is 4.54. The van der Waals surface area contributed by atoms with Crippen molar-refractivity contribution in [1.82, 2.24) is 9.97 Å². The van der Waals surface area contributed by atoms with Gasteiger partial charge in [-0.05, 0) is 6.42 Å². The zero-order chi connectivity index (χ0) is 15.6. The Morgan fingerprint density at radius 1 is 1.36 bits per heavy atom. The van der Waals surface area contributed by atoms with Crippen molar-refractivity contribution in [3.8, 4) is 0 Å². The van der Waals surface area contributed by atoms with Gasteiger partial charge in [0, 0.05) is 51.6 Å². The lowest BCUT2D eigenvalue weighted by molar-refractivity contribution is -0.0221. The molecule has 0 aromatic carbocycles. The summed E-state index contributed by atoms with van der Waals surface area (Å²) in [5.74, 6) is -0.983. The third-order valence-corrected chi connectivity index (χ3v) is 4.22. The number of anilines is 1. The van der Waals surface area contributed by atoms with Crippen molar-refractivity contribution in [1.29, 1.82) is 0 Å². The maximum Gasteiger partial charge on any atom is 0.251 e. The number of hydrogen-bond donors (Lipinski definition) is 0. The normalized spacial score (nSPS) is 24.7. The summed E-state index contributed by atoms with van der Waals surface area (Å²) < 4.78 is 37.2. The summed E-state index contributed by atoms with van der Waals surface area (Å²) in [7, 11) is 1.59.